The van der Waals surface area contributed by atoms with Crippen molar-refractivity contribution in [2.45, 2.75) is 58.0 Å². The molecule has 0 bridgehead atoms. The number of carboxylic acid groups (broad SMARTS) is 1. The highest BCUT2D eigenvalue weighted by molar-refractivity contribution is 5.66. The van der Waals surface area contributed by atoms with Crippen LogP contribution in [0, 0.1) is 0 Å². The van der Waals surface area contributed by atoms with Gasteiger partial charge < -0.3 is 10.2 Å². The predicted molar refractivity (Wildman–Crippen MR) is 97.3 cm³/mol. The second-order valence-corrected chi connectivity index (χ2v) is 5.20. The van der Waals surface area contributed by atoms with Gasteiger partial charge in [-0.15, -0.1) is 0 Å². The molecule has 0 aliphatic heterocycles. The molecule has 0 aromatic carbocycles. The molecule has 0 unspecified atom stereocenters. The number of unbranched alkanes of at least 4 members (excludes halogenated alkanes) is 1. The van der Waals surface area contributed by atoms with E-state index in [9.17, 15) is 9.90 Å². The van der Waals surface area contributed by atoms with Crippen molar-refractivity contribution in [3.8, 4) is 0 Å². The van der Waals surface area contributed by atoms with Crippen molar-refractivity contribution < 1.29 is 15.0 Å². The molecule has 0 aromatic heterocycles. The number of carboxylic acids is 1. The second kappa shape index (κ2) is 16.5. The summed E-state index contributed by atoms with van der Waals surface area (Å²) in [6.07, 6.45) is 24.6. The molecule has 128 valence electrons. The summed E-state index contributed by atoms with van der Waals surface area (Å²) < 4.78 is 0. The molecule has 0 rings (SSSR count). The molecule has 23 heavy (non-hydrogen) atoms. The zero-order valence-electron chi connectivity index (χ0n) is 14.1. The minimum absolute atomic E-state index is 0.226. The van der Waals surface area contributed by atoms with Gasteiger partial charge in [-0.3, -0.25) is 4.79 Å². The zero-order chi connectivity index (χ0) is 17.2. The van der Waals surface area contributed by atoms with Crippen LogP contribution in [0.3, 0.4) is 0 Å². The zero-order valence-corrected chi connectivity index (χ0v) is 14.1. The largest absolute Gasteiger partial charge is 0.481 e. The quantitative estimate of drug-likeness (QED) is 0.286. The summed E-state index contributed by atoms with van der Waals surface area (Å²) in [5, 5.41) is 18.2. The third kappa shape index (κ3) is 18.1. The van der Waals surface area contributed by atoms with Gasteiger partial charge in [0.2, 0.25) is 0 Å². The number of hydrogen-bond acceptors (Lipinski definition) is 2. The first kappa shape index (κ1) is 21.1. The number of allylic oxidation sites excluding steroid dienone is 8. The van der Waals surface area contributed by atoms with E-state index in [-0.39, 0.29) is 6.42 Å². The second-order valence-electron chi connectivity index (χ2n) is 5.20. The van der Waals surface area contributed by atoms with Crippen LogP contribution in [0.25, 0.3) is 0 Å². The number of hydrogen-bond donors (Lipinski definition) is 2. The molecule has 0 saturated heterocycles. The van der Waals surface area contributed by atoms with Crippen LogP contribution in [0.4, 0.5) is 0 Å². The molecule has 0 spiro atoms. The van der Waals surface area contributed by atoms with Crippen LogP contribution < -0.4 is 0 Å². The molecule has 0 fully saturated rings. The number of aliphatic hydroxyl groups is 1. The lowest BCUT2D eigenvalue weighted by Gasteiger charge is -1.98. The SMILES string of the molecule is CC/C=C\C/C=C\C[C@H](O)/C=C/C=C\C/C=C\CCCC(=O)O. The number of aliphatic hydroxyl groups excluding tert-OH is 1. The Morgan fingerprint density at radius 2 is 1.65 bits per heavy atom. The lowest BCUT2D eigenvalue weighted by Crippen LogP contribution is -1.98. The van der Waals surface area contributed by atoms with Gasteiger partial charge in [0.25, 0.3) is 0 Å². The minimum Gasteiger partial charge on any atom is -0.481 e. The molecule has 1 atom stereocenters. The van der Waals surface area contributed by atoms with E-state index in [0.29, 0.717) is 12.8 Å². The monoisotopic (exact) mass is 318 g/mol. The van der Waals surface area contributed by atoms with Gasteiger partial charge >= 0.3 is 5.97 Å². The fourth-order valence-corrected chi connectivity index (χ4v) is 1.77. The first-order valence-corrected chi connectivity index (χ1v) is 8.35. The van der Waals surface area contributed by atoms with Crippen LogP contribution in [-0.4, -0.2) is 22.3 Å². The van der Waals surface area contributed by atoms with Crippen LogP contribution in [0.2, 0.25) is 0 Å². The van der Waals surface area contributed by atoms with E-state index >= 15 is 0 Å². The molecule has 0 heterocycles. The Morgan fingerprint density at radius 1 is 0.957 bits per heavy atom. The molecule has 3 heteroatoms. The van der Waals surface area contributed by atoms with Crippen molar-refractivity contribution in [2.75, 3.05) is 0 Å². The molecule has 3 nitrogen and oxygen atoms in total. The van der Waals surface area contributed by atoms with E-state index in [0.717, 1.165) is 25.7 Å². The van der Waals surface area contributed by atoms with Crippen LogP contribution in [-0.2, 0) is 4.79 Å². The van der Waals surface area contributed by atoms with Crippen molar-refractivity contribution >= 4 is 5.97 Å². The highest BCUT2D eigenvalue weighted by Gasteiger charge is 1.93. The lowest BCUT2D eigenvalue weighted by molar-refractivity contribution is -0.137. The van der Waals surface area contributed by atoms with E-state index in [4.69, 9.17) is 5.11 Å². The maximum absolute atomic E-state index is 10.3. The van der Waals surface area contributed by atoms with E-state index < -0.39 is 12.1 Å². The van der Waals surface area contributed by atoms with Gasteiger partial charge in [-0.05, 0) is 38.5 Å². The van der Waals surface area contributed by atoms with E-state index in [1.807, 2.05) is 36.5 Å². The van der Waals surface area contributed by atoms with Gasteiger partial charge in [-0.1, -0.05) is 67.7 Å². The van der Waals surface area contributed by atoms with Gasteiger partial charge in [0, 0.05) is 6.42 Å². The average Bonchev–Trinajstić information content (AvgIpc) is 2.52. The molecule has 0 radical (unpaired) electrons. The molecular formula is C20H30O3. The van der Waals surface area contributed by atoms with E-state index in [1.165, 1.54) is 0 Å². The van der Waals surface area contributed by atoms with Gasteiger partial charge in [0.05, 0.1) is 6.10 Å². The highest BCUT2D eigenvalue weighted by atomic mass is 16.4. The minimum atomic E-state index is -0.741. The fourth-order valence-electron chi connectivity index (χ4n) is 1.77. The summed E-state index contributed by atoms with van der Waals surface area (Å²) in [5.74, 6) is -0.741. The first-order chi connectivity index (χ1) is 11.2. The molecule has 2 N–H and O–H groups in total. The van der Waals surface area contributed by atoms with Crippen molar-refractivity contribution in [3.05, 3.63) is 60.8 Å². The van der Waals surface area contributed by atoms with E-state index in [2.05, 4.69) is 25.2 Å². The van der Waals surface area contributed by atoms with Crippen molar-refractivity contribution in [3.63, 3.8) is 0 Å². The topological polar surface area (TPSA) is 57.5 Å². The standard InChI is InChI=1S/C20H30O3/c1-2-3-4-5-10-13-16-19(21)17-14-11-8-6-7-9-12-15-18-20(22)23/h3-4,7-11,13-14,17,19,21H,2,5-6,12,15-16,18H2,1H3,(H,22,23)/b4-3-,9-7-,11-8-,13-10-,17-14+/t19-/m0/s1. The Labute approximate surface area is 140 Å². The highest BCUT2D eigenvalue weighted by Crippen LogP contribution is 2.00. The van der Waals surface area contributed by atoms with Crippen LogP contribution in [0.1, 0.15) is 51.9 Å². The Balaban J connectivity index is 3.68. The first-order valence-electron chi connectivity index (χ1n) is 8.35. The van der Waals surface area contributed by atoms with Crippen LogP contribution in [0.5, 0.6) is 0 Å². The number of rotatable bonds is 13. The number of aliphatic carboxylic acids is 1. The third-order valence-electron chi connectivity index (χ3n) is 3.00. The summed E-state index contributed by atoms with van der Waals surface area (Å²) in [6.45, 7) is 2.11. The predicted octanol–water partition coefficient (Wildman–Crippen LogP) is 4.96. The maximum Gasteiger partial charge on any atom is 0.303 e. The number of carbonyl (C=O) groups is 1. The molecular weight excluding hydrogens is 288 g/mol. The van der Waals surface area contributed by atoms with Gasteiger partial charge in [0.15, 0.2) is 0 Å². The van der Waals surface area contributed by atoms with Crippen LogP contribution in [0.15, 0.2) is 60.8 Å². The Hall–Kier alpha value is -1.87. The van der Waals surface area contributed by atoms with Crippen molar-refractivity contribution in [2.24, 2.45) is 0 Å². The molecule has 0 aromatic rings. The van der Waals surface area contributed by atoms with Crippen LogP contribution >= 0.6 is 0 Å². The van der Waals surface area contributed by atoms with Crippen molar-refractivity contribution in [1.29, 1.82) is 0 Å². The average molecular weight is 318 g/mol. The van der Waals surface area contributed by atoms with Gasteiger partial charge in [-0.2, -0.15) is 0 Å². The summed E-state index contributed by atoms with van der Waals surface area (Å²) in [4.78, 5) is 10.3. The fraction of sp³-hybridized carbons (Fsp3) is 0.450. The van der Waals surface area contributed by atoms with E-state index in [1.54, 1.807) is 6.08 Å². The van der Waals surface area contributed by atoms with Gasteiger partial charge in [0.1, 0.15) is 0 Å². The molecule has 0 aliphatic rings. The maximum atomic E-state index is 10.3. The van der Waals surface area contributed by atoms with Crippen molar-refractivity contribution in [1.82, 2.24) is 0 Å². The summed E-state index contributed by atoms with van der Waals surface area (Å²) >= 11 is 0. The third-order valence-corrected chi connectivity index (χ3v) is 3.00. The smallest absolute Gasteiger partial charge is 0.303 e. The molecule has 0 saturated carbocycles. The summed E-state index contributed by atoms with van der Waals surface area (Å²) in [7, 11) is 0. The normalized spacial score (nSPS) is 14.2. The van der Waals surface area contributed by atoms with Gasteiger partial charge in [-0.25, -0.2) is 0 Å². The summed E-state index contributed by atoms with van der Waals surface area (Å²) in [5.41, 5.74) is 0. The molecule has 0 aliphatic carbocycles. The lowest BCUT2D eigenvalue weighted by atomic mass is 10.2. The Morgan fingerprint density at radius 3 is 2.39 bits per heavy atom. The molecule has 0 amide bonds. The Kier molecular flexibility index (Phi) is 15.2. The summed E-state index contributed by atoms with van der Waals surface area (Å²) in [6, 6.07) is 0. The Bertz CT molecular complexity index is 428.